The van der Waals surface area contributed by atoms with Gasteiger partial charge in [0, 0.05) is 19.1 Å². The van der Waals surface area contributed by atoms with Crippen LogP contribution in [0.15, 0.2) is 0 Å². The van der Waals surface area contributed by atoms with E-state index in [4.69, 9.17) is 0 Å². The first kappa shape index (κ1) is 10.9. The van der Waals surface area contributed by atoms with Gasteiger partial charge in [0.25, 0.3) is 0 Å². The average molecular weight is 158 g/mol. The van der Waals surface area contributed by atoms with Gasteiger partial charge in [-0.3, -0.25) is 9.80 Å². The molecule has 0 aromatic carbocycles. The van der Waals surface area contributed by atoms with Gasteiger partial charge >= 0.3 is 0 Å². The fourth-order valence-corrected chi connectivity index (χ4v) is 1.17. The van der Waals surface area contributed by atoms with E-state index in [2.05, 4.69) is 30.7 Å². The summed E-state index contributed by atoms with van der Waals surface area (Å²) in [5.74, 6) is 0. The maximum Gasteiger partial charge on any atom is 0.0506 e. The second-order valence-electron chi connectivity index (χ2n) is 3.13. The third-order valence-electron chi connectivity index (χ3n) is 1.92. The molecule has 0 bridgehead atoms. The van der Waals surface area contributed by atoms with Crippen molar-refractivity contribution in [2.75, 3.05) is 26.8 Å². The molecule has 11 heavy (non-hydrogen) atoms. The van der Waals surface area contributed by atoms with E-state index in [0.29, 0.717) is 0 Å². The number of hydrogen-bond acceptors (Lipinski definition) is 2. The molecule has 0 aromatic heterocycles. The number of rotatable bonds is 1. The van der Waals surface area contributed by atoms with Crippen molar-refractivity contribution in [3.05, 3.63) is 0 Å². The Labute approximate surface area is 71.2 Å². The van der Waals surface area contributed by atoms with Gasteiger partial charge in [-0.15, -0.1) is 0 Å². The van der Waals surface area contributed by atoms with Crippen LogP contribution in [0.5, 0.6) is 0 Å². The van der Waals surface area contributed by atoms with E-state index in [1.807, 2.05) is 13.8 Å². The van der Waals surface area contributed by atoms with Crippen LogP contribution in [0, 0.1) is 0 Å². The molecule has 0 radical (unpaired) electrons. The van der Waals surface area contributed by atoms with Crippen molar-refractivity contribution in [3.63, 3.8) is 0 Å². The minimum atomic E-state index is 0.718. The molecule has 0 unspecified atom stereocenters. The Morgan fingerprint density at radius 3 is 1.82 bits per heavy atom. The Morgan fingerprint density at radius 1 is 1.09 bits per heavy atom. The quantitative estimate of drug-likeness (QED) is 0.572. The van der Waals surface area contributed by atoms with Crippen molar-refractivity contribution in [2.45, 2.75) is 33.7 Å². The normalized spacial score (nSPS) is 20.2. The zero-order valence-corrected chi connectivity index (χ0v) is 8.59. The van der Waals surface area contributed by atoms with E-state index in [1.54, 1.807) is 0 Å². The van der Waals surface area contributed by atoms with Crippen LogP contribution in [0.4, 0.5) is 0 Å². The standard InChI is InChI=1S/C7H16N2.C2H6/c1-7(2)9-5-4-8(3)6-9;1-2/h7H,4-6H2,1-3H3;1-2H3. The number of likely N-dealkylation sites (N-methyl/N-ethyl adjacent to an activating group) is 1. The van der Waals surface area contributed by atoms with Crippen LogP contribution in [-0.2, 0) is 0 Å². The van der Waals surface area contributed by atoms with Crippen LogP contribution in [0.1, 0.15) is 27.7 Å². The van der Waals surface area contributed by atoms with Gasteiger partial charge in [-0.2, -0.15) is 0 Å². The Morgan fingerprint density at radius 2 is 1.64 bits per heavy atom. The van der Waals surface area contributed by atoms with E-state index in [1.165, 1.54) is 13.1 Å². The predicted octanol–water partition coefficient (Wildman–Crippen LogP) is 1.63. The number of nitrogens with zero attached hydrogens (tertiary/aromatic N) is 2. The maximum atomic E-state index is 2.47. The molecule has 2 nitrogen and oxygen atoms in total. The molecule has 1 saturated heterocycles. The van der Waals surface area contributed by atoms with Crippen molar-refractivity contribution in [1.29, 1.82) is 0 Å². The second-order valence-corrected chi connectivity index (χ2v) is 3.13. The molecule has 68 valence electrons. The molecule has 2 heteroatoms. The second kappa shape index (κ2) is 5.56. The number of hydrogen-bond donors (Lipinski definition) is 0. The topological polar surface area (TPSA) is 6.48 Å². The molecule has 1 fully saturated rings. The molecular weight excluding hydrogens is 136 g/mol. The summed E-state index contributed by atoms with van der Waals surface area (Å²) in [7, 11) is 2.17. The lowest BCUT2D eigenvalue weighted by molar-refractivity contribution is 0.230. The molecule has 1 aliphatic rings. The van der Waals surface area contributed by atoms with E-state index in [-0.39, 0.29) is 0 Å². The summed E-state index contributed by atoms with van der Waals surface area (Å²) < 4.78 is 0. The van der Waals surface area contributed by atoms with Crippen molar-refractivity contribution in [3.8, 4) is 0 Å². The fraction of sp³-hybridized carbons (Fsp3) is 1.00. The molecule has 0 amide bonds. The highest BCUT2D eigenvalue weighted by atomic mass is 15.4. The highest BCUT2D eigenvalue weighted by molar-refractivity contribution is 4.70. The fourth-order valence-electron chi connectivity index (χ4n) is 1.17. The summed E-state index contributed by atoms with van der Waals surface area (Å²) in [6.45, 7) is 12.1. The van der Waals surface area contributed by atoms with Crippen molar-refractivity contribution >= 4 is 0 Å². The Bertz CT molecular complexity index is 91.6. The third-order valence-corrected chi connectivity index (χ3v) is 1.92. The van der Waals surface area contributed by atoms with Gasteiger partial charge in [0.2, 0.25) is 0 Å². The van der Waals surface area contributed by atoms with E-state index in [9.17, 15) is 0 Å². The summed E-state index contributed by atoms with van der Waals surface area (Å²) in [5, 5.41) is 0. The smallest absolute Gasteiger partial charge is 0.0506 e. The van der Waals surface area contributed by atoms with Gasteiger partial charge in [0.05, 0.1) is 6.67 Å². The van der Waals surface area contributed by atoms with Crippen molar-refractivity contribution < 1.29 is 0 Å². The van der Waals surface area contributed by atoms with Crippen LogP contribution in [0.3, 0.4) is 0 Å². The SMILES string of the molecule is CC.CC(C)N1CCN(C)C1. The molecule has 0 saturated carbocycles. The highest BCUT2D eigenvalue weighted by Gasteiger charge is 2.17. The van der Waals surface area contributed by atoms with Crippen LogP contribution in [0.2, 0.25) is 0 Å². The molecule has 1 aliphatic heterocycles. The van der Waals surface area contributed by atoms with Gasteiger partial charge in [-0.25, -0.2) is 0 Å². The first-order chi connectivity index (χ1) is 5.20. The third kappa shape index (κ3) is 3.73. The predicted molar refractivity (Wildman–Crippen MR) is 50.7 cm³/mol. The average Bonchev–Trinajstić information content (AvgIpc) is 2.40. The first-order valence-electron chi connectivity index (χ1n) is 4.63. The zero-order valence-electron chi connectivity index (χ0n) is 8.59. The van der Waals surface area contributed by atoms with Gasteiger partial charge in [0.15, 0.2) is 0 Å². The van der Waals surface area contributed by atoms with Gasteiger partial charge in [-0.05, 0) is 20.9 Å². The lowest BCUT2D eigenvalue weighted by Crippen LogP contribution is -2.29. The summed E-state index contributed by atoms with van der Waals surface area (Å²) in [6, 6.07) is 0.718. The van der Waals surface area contributed by atoms with E-state index < -0.39 is 0 Å². The Kier molecular flexibility index (Phi) is 5.51. The van der Waals surface area contributed by atoms with Gasteiger partial charge in [0.1, 0.15) is 0 Å². The highest BCUT2D eigenvalue weighted by Crippen LogP contribution is 2.05. The molecule has 0 atom stereocenters. The molecule has 1 rings (SSSR count). The zero-order chi connectivity index (χ0) is 8.85. The van der Waals surface area contributed by atoms with Crippen LogP contribution in [-0.4, -0.2) is 42.6 Å². The molecule has 1 heterocycles. The lowest BCUT2D eigenvalue weighted by Gasteiger charge is -2.19. The largest absolute Gasteiger partial charge is 0.292 e. The minimum absolute atomic E-state index is 0.718. The van der Waals surface area contributed by atoms with E-state index in [0.717, 1.165) is 12.7 Å². The summed E-state index contributed by atoms with van der Waals surface area (Å²) in [5.41, 5.74) is 0. The van der Waals surface area contributed by atoms with Crippen LogP contribution in [0.25, 0.3) is 0 Å². The molecule has 0 aromatic rings. The molecule has 0 aliphatic carbocycles. The first-order valence-corrected chi connectivity index (χ1v) is 4.63. The molecular formula is C9H22N2. The van der Waals surface area contributed by atoms with Crippen LogP contribution >= 0.6 is 0 Å². The minimum Gasteiger partial charge on any atom is -0.292 e. The van der Waals surface area contributed by atoms with Crippen molar-refractivity contribution in [2.24, 2.45) is 0 Å². The van der Waals surface area contributed by atoms with Crippen LogP contribution < -0.4 is 0 Å². The Balaban J connectivity index is 0.000000461. The van der Waals surface area contributed by atoms with Crippen molar-refractivity contribution in [1.82, 2.24) is 9.80 Å². The van der Waals surface area contributed by atoms with Gasteiger partial charge < -0.3 is 0 Å². The maximum absolute atomic E-state index is 2.47. The Hall–Kier alpha value is -0.0800. The monoisotopic (exact) mass is 158 g/mol. The van der Waals surface area contributed by atoms with Gasteiger partial charge in [-0.1, -0.05) is 13.8 Å². The molecule has 0 N–H and O–H groups in total. The summed E-state index contributed by atoms with van der Waals surface area (Å²) in [4.78, 5) is 4.82. The lowest BCUT2D eigenvalue weighted by atomic mass is 10.3. The summed E-state index contributed by atoms with van der Waals surface area (Å²) >= 11 is 0. The summed E-state index contributed by atoms with van der Waals surface area (Å²) in [6.07, 6.45) is 0. The van der Waals surface area contributed by atoms with E-state index >= 15 is 0 Å². The molecule has 0 spiro atoms.